The molecule has 2 aromatic carbocycles. The van der Waals surface area contributed by atoms with Gasteiger partial charge in [-0.25, -0.2) is 0 Å². The molecule has 0 heterocycles. The van der Waals surface area contributed by atoms with Gasteiger partial charge in [-0.2, -0.15) is 0 Å². The van der Waals surface area contributed by atoms with Crippen LogP contribution in [0.2, 0.25) is 0 Å². The second-order valence-electron chi connectivity index (χ2n) is 5.16. The third kappa shape index (κ3) is 1.83. The van der Waals surface area contributed by atoms with E-state index in [0.717, 1.165) is 11.1 Å². The Labute approximate surface area is 116 Å². The number of ketones is 1. The third-order valence-electron chi connectivity index (χ3n) is 3.98. The van der Waals surface area contributed by atoms with Crippen LogP contribution in [-0.4, -0.2) is 16.9 Å². The van der Waals surface area contributed by atoms with Gasteiger partial charge in [0.05, 0.1) is 6.42 Å². The average Bonchev–Trinajstić information content (AvgIpc) is 2.74. The van der Waals surface area contributed by atoms with Crippen LogP contribution in [0, 0.1) is 0 Å². The molecule has 3 nitrogen and oxygen atoms in total. The van der Waals surface area contributed by atoms with Gasteiger partial charge in [-0.1, -0.05) is 54.6 Å². The second-order valence-corrected chi connectivity index (χ2v) is 5.16. The minimum absolute atomic E-state index is 0.0192. The van der Waals surface area contributed by atoms with Gasteiger partial charge in [0.25, 0.3) is 0 Å². The van der Waals surface area contributed by atoms with Crippen molar-refractivity contribution in [1.29, 1.82) is 0 Å². The number of benzene rings is 2. The minimum Gasteiger partial charge on any atom is -0.481 e. The monoisotopic (exact) mass is 266 g/mol. The van der Waals surface area contributed by atoms with Crippen molar-refractivity contribution in [3.63, 3.8) is 0 Å². The number of Topliss-reactive ketones (excluding diaryl/α,β-unsaturated/α-hetero) is 1. The molecule has 20 heavy (non-hydrogen) atoms. The summed E-state index contributed by atoms with van der Waals surface area (Å²) in [5.41, 5.74) is 1.64. The maximum Gasteiger partial charge on any atom is 0.304 e. The first-order chi connectivity index (χ1) is 9.63. The first kappa shape index (κ1) is 12.6. The molecule has 3 rings (SSSR count). The van der Waals surface area contributed by atoms with Crippen LogP contribution in [0.1, 0.15) is 34.3 Å². The Bertz CT molecular complexity index is 672. The summed E-state index contributed by atoms with van der Waals surface area (Å²) < 4.78 is 0. The second kappa shape index (κ2) is 4.60. The van der Waals surface area contributed by atoms with Crippen molar-refractivity contribution < 1.29 is 14.7 Å². The van der Waals surface area contributed by atoms with E-state index in [1.54, 1.807) is 6.07 Å². The Morgan fingerprint density at radius 1 is 1.05 bits per heavy atom. The van der Waals surface area contributed by atoms with E-state index in [2.05, 4.69) is 0 Å². The number of hydrogen-bond acceptors (Lipinski definition) is 2. The van der Waals surface area contributed by atoms with Crippen LogP contribution >= 0.6 is 0 Å². The Morgan fingerprint density at radius 2 is 1.70 bits per heavy atom. The highest BCUT2D eigenvalue weighted by atomic mass is 16.4. The molecule has 3 heteroatoms. The molecular formula is C17H14O3. The molecule has 0 amide bonds. The Morgan fingerprint density at radius 3 is 2.40 bits per heavy atom. The summed E-state index contributed by atoms with van der Waals surface area (Å²) in [4.78, 5) is 23.6. The van der Waals surface area contributed by atoms with E-state index in [1.807, 2.05) is 48.5 Å². The van der Waals surface area contributed by atoms with E-state index in [4.69, 9.17) is 0 Å². The molecule has 0 fully saturated rings. The molecule has 2 aromatic rings. The SMILES string of the molecule is O=C(O)CC1(c2ccccc2)CC(=O)c2ccccc21. The minimum atomic E-state index is -0.890. The number of carbonyl (C=O) groups excluding carboxylic acids is 1. The summed E-state index contributed by atoms with van der Waals surface area (Å²) in [5, 5.41) is 9.30. The molecular weight excluding hydrogens is 252 g/mol. The van der Waals surface area contributed by atoms with E-state index >= 15 is 0 Å². The number of rotatable bonds is 3. The zero-order valence-corrected chi connectivity index (χ0v) is 10.9. The van der Waals surface area contributed by atoms with Gasteiger partial charge in [0.1, 0.15) is 0 Å². The molecule has 0 saturated heterocycles. The Balaban J connectivity index is 2.24. The lowest BCUT2D eigenvalue weighted by atomic mass is 9.73. The molecule has 1 atom stereocenters. The van der Waals surface area contributed by atoms with E-state index in [0.29, 0.717) is 5.56 Å². The predicted molar refractivity (Wildman–Crippen MR) is 74.9 cm³/mol. The van der Waals surface area contributed by atoms with E-state index in [-0.39, 0.29) is 18.6 Å². The van der Waals surface area contributed by atoms with Crippen molar-refractivity contribution in [3.05, 3.63) is 71.3 Å². The molecule has 0 spiro atoms. The third-order valence-corrected chi connectivity index (χ3v) is 3.98. The van der Waals surface area contributed by atoms with Crippen LogP contribution in [0.3, 0.4) is 0 Å². The summed E-state index contributed by atoms with van der Waals surface area (Å²) in [7, 11) is 0. The number of carbonyl (C=O) groups is 2. The fraction of sp³-hybridized carbons (Fsp3) is 0.176. The normalized spacial score (nSPS) is 20.7. The smallest absolute Gasteiger partial charge is 0.304 e. The highest BCUT2D eigenvalue weighted by molar-refractivity contribution is 6.03. The van der Waals surface area contributed by atoms with Crippen molar-refractivity contribution in [1.82, 2.24) is 0 Å². The van der Waals surface area contributed by atoms with Gasteiger partial charge in [-0.15, -0.1) is 0 Å². The standard InChI is InChI=1S/C17H14O3/c18-15-10-17(11-16(19)20,12-6-2-1-3-7-12)14-9-5-4-8-13(14)15/h1-9H,10-11H2,(H,19,20). The van der Waals surface area contributed by atoms with E-state index in [9.17, 15) is 14.7 Å². The van der Waals surface area contributed by atoms with Gasteiger partial charge < -0.3 is 5.11 Å². The summed E-state index contributed by atoms with van der Waals surface area (Å²) in [5.74, 6) is -0.871. The molecule has 0 radical (unpaired) electrons. The molecule has 0 aromatic heterocycles. The molecule has 1 aliphatic rings. The van der Waals surface area contributed by atoms with Crippen molar-refractivity contribution in [3.8, 4) is 0 Å². The van der Waals surface area contributed by atoms with Crippen molar-refractivity contribution in [2.45, 2.75) is 18.3 Å². The van der Waals surface area contributed by atoms with Crippen molar-refractivity contribution in [2.75, 3.05) is 0 Å². The van der Waals surface area contributed by atoms with Gasteiger partial charge in [-0.05, 0) is 11.1 Å². The van der Waals surface area contributed by atoms with Gasteiger partial charge in [-0.3, -0.25) is 9.59 Å². The number of aliphatic carboxylic acids is 1. The average molecular weight is 266 g/mol. The Hall–Kier alpha value is -2.42. The molecule has 1 aliphatic carbocycles. The fourth-order valence-corrected chi connectivity index (χ4v) is 3.14. The lowest BCUT2D eigenvalue weighted by Crippen LogP contribution is -2.28. The van der Waals surface area contributed by atoms with Crippen LogP contribution in [0.25, 0.3) is 0 Å². The molecule has 0 aliphatic heterocycles. The van der Waals surface area contributed by atoms with Gasteiger partial charge in [0, 0.05) is 17.4 Å². The number of fused-ring (bicyclic) bond motifs is 1. The van der Waals surface area contributed by atoms with Crippen LogP contribution in [0.5, 0.6) is 0 Å². The summed E-state index contributed by atoms with van der Waals surface area (Å²) in [6, 6.07) is 16.8. The molecule has 0 saturated carbocycles. The predicted octanol–water partition coefficient (Wildman–Crippen LogP) is 3.03. The first-order valence-electron chi connectivity index (χ1n) is 6.53. The van der Waals surface area contributed by atoms with Crippen molar-refractivity contribution in [2.24, 2.45) is 0 Å². The first-order valence-corrected chi connectivity index (χ1v) is 6.53. The van der Waals surface area contributed by atoms with Gasteiger partial charge in [0.15, 0.2) is 5.78 Å². The summed E-state index contributed by atoms with van der Waals surface area (Å²) in [6.07, 6.45) is 0.155. The van der Waals surface area contributed by atoms with Crippen LogP contribution in [0.4, 0.5) is 0 Å². The maximum atomic E-state index is 12.2. The Kier molecular flexibility index (Phi) is 2.90. The quantitative estimate of drug-likeness (QED) is 0.929. The topological polar surface area (TPSA) is 54.4 Å². The highest BCUT2D eigenvalue weighted by Crippen LogP contribution is 2.46. The zero-order valence-electron chi connectivity index (χ0n) is 10.9. The molecule has 1 N–H and O–H groups in total. The molecule has 100 valence electrons. The fourth-order valence-electron chi connectivity index (χ4n) is 3.14. The number of hydrogen-bond donors (Lipinski definition) is 1. The van der Waals surface area contributed by atoms with E-state index < -0.39 is 11.4 Å². The highest BCUT2D eigenvalue weighted by Gasteiger charge is 2.45. The van der Waals surface area contributed by atoms with Crippen LogP contribution in [0.15, 0.2) is 54.6 Å². The summed E-state index contributed by atoms with van der Waals surface area (Å²) >= 11 is 0. The lowest BCUT2D eigenvalue weighted by Gasteiger charge is -2.28. The zero-order chi connectivity index (χ0) is 14.2. The maximum absolute atomic E-state index is 12.2. The van der Waals surface area contributed by atoms with Gasteiger partial charge >= 0.3 is 5.97 Å². The molecule has 1 unspecified atom stereocenters. The molecule has 0 bridgehead atoms. The lowest BCUT2D eigenvalue weighted by molar-refractivity contribution is -0.138. The largest absolute Gasteiger partial charge is 0.481 e. The number of carboxylic acid groups (broad SMARTS) is 1. The van der Waals surface area contributed by atoms with Crippen molar-refractivity contribution >= 4 is 11.8 Å². The van der Waals surface area contributed by atoms with Crippen LogP contribution in [-0.2, 0) is 10.2 Å². The summed E-state index contributed by atoms with van der Waals surface area (Å²) in [6.45, 7) is 0. The number of carboxylic acids is 1. The van der Waals surface area contributed by atoms with Crippen LogP contribution < -0.4 is 0 Å². The van der Waals surface area contributed by atoms with E-state index in [1.165, 1.54) is 0 Å². The van der Waals surface area contributed by atoms with Gasteiger partial charge in [0.2, 0.25) is 0 Å².